The number of amides is 1. The van der Waals surface area contributed by atoms with Crippen LogP contribution < -0.4 is 5.32 Å². The fourth-order valence-corrected chi connectivity index (χ4v) is 2.09. The molecule has 122 valence electrons. The number of carbonyl (C=O) groups excluding carboxylic acids is 1. The maximum Gasteiger partial charge on any atom is 0.416 e. The van der Waals surface area contributed by atoms with Crippen molar-refractivity contribution in [3.63, 3.8) is 0 Å². The zero-order chi connectivity index (χ0) is 17.2. The number of rotatable bonds is 3. The third-order valence-corrected chi connectivity index (χ3v) is 3.33. The van der Waals surface area contributed by atoms with E-state index in [0.29, 0.717) is 11.3 Å². The predicted molar refractivity (Wildman–Crippen MR) is 81.3 cm³/mol. The van der Waals surface area contributed by atoms with Crippen LogP contribution in [0, 0.1) is 0 Å². The van der Waals surface area contributed by atoms with Crippen LogP contribution >= 0.6 is 0 Å². The van der Waals surface area contributed by atoms with Crippen LogP contribution in [-0.4, -0.2) is 10.9 Å². The van der Waals surface area contributed by atoms with Gasteiger partial charge in [-0.3, -0.25) is 4.79 Å². The number of aromatic nitrogens is 1. The standard InChI is InChI=1S/C17H11F3N2O2/c18-17(19,20)13-5-7-14(8-6-13)22-16(23)12-3-1-11(2-4-12)15-9-21-10-24-15/h1-10H,(H,22,23). The topological polar surface area (TPSA) is 55.1 Å². The Bertz CT molecular complexity index is 824. The zero-order valence-corrected chi connectivity index (χ0v) is 12.2. The summed E-state index contributed by atoms with van der Waals surface area (Å²) < 4.78 is 42.7. The van der Waals surface area contributed by atoms with E-state index in [2.05, 4.69) is 10.3 Å². The number of halogens is 3. The summed E-state index contributed by atoms with van der Waals surface area (Å²) in [5, 5.41) is 2.55. The summed E-state index contributed by atoms with van der Waals surface area (Å²) in [7, 11) is 0. The van der Waals surface area contributed by atoms with Gasteiger partial charge in [0.05, 0.1) is 11.8 Å². The number of anilines is 1. The van der Waals surface area contributed by atoms with E-state index in [9.17, 15) is 18.0 Å². The second-order valence-corrected chi connectivity index (χ2v) is 4.97. The highest BCUT2D eigenvalue weighted by Crippen LogP contribution is 2.30. The molecular formula is C17H11F3N2O2. The summed E-state index contributed by atoms with van der Waals surface area (Å²) in [6, 6.07) is 10.8. The highest BCUT2D eigenvalue weighted by Gasteiger charge is 2.29. The monoisotopic (exact) mass is 332 g/mol. The summed E-state index contributed by atoms with van der Waals surface area (Å²) in [5.41, 5.74) is 0.654. The van der Waals surface area contributed by atoms with Crippen LogP contribution in [0.1, 0.15) is 15.9 Å². The van der Waals surface area contributed by atoms with Gasteiger partial charge in [-0.25, -0.2) is 4.98 Å². The lowest BCUT2D eigenvalue weighted by molar-refractivity contribution is -0.137. The quantitative estimate of drug-likeness (QED) is 0.762. The minimum absolute atomic E-state index is 0.285. The molecule has 0 saturated carbocycles. The van der Waals surface area contributed by atoms with E-state index in [4.69, 9.17) is 4.42 Å². The first-order valence-corrected chi connectivity index (χ1v) is 6.91. The molecule has 0 fully saturated rings. The molecule has 3 aromatic rings. The van der Waals surface area contributed by atoms with Gasteiger partial charge < -0.3 is 9.73 Å². The smallest absolute Gasteiger partial charge is 0.416 e. The second-order valence-electron chi connectivity index (χ2n) is 4.97. The molecule has 1 N–H and O–H groups in total. The maximum absolute atomic E-state index is 12.5. The van der Waals surface area contributed by atoms with Crippen molar-refractivity contribution in [2.24, 2.45) is 0 Å². The molecule has 1 aromatic heterocycles. The molecule has 3 rings (SSSR count). The van der Waals surface area contributed by atoms with Crippen LogP contribution in [0.25, 0.3) is 11.3 Å². The van der Waals surface area contributed by atoms with Crippen LogP contribution in [0.5, 0.6) is 0 Å². The maximum atomic E-state index is 12.5. The van der Waals surface area contributed by atoms with Gasteiger partial charge in [0.15, 0.2) is 12.2 Å². The average Bonchev–Trinajstić information content (AvgIpc) is 3.09. The lowest BCUT2D eigenvalue weighted by Crippen LogP contribution is -2.12. The first kappa shape index (κ1) is 15.8. The van der Waals surface area contributed by atoms with E-state index in [0.717, 1.165) is 17.7 Å². The second kappa shape index (κ2) is 6.19. The Morgan fingerprint density at radius 1 is 1.00 bits per heavy atom. The van der Waals surface area contributed by atoms with Gasteiger partial charge in [-0.15, -0.1) is 0 Å². The van der Waals surface area contributed by atoms with Crippen LogP contribution in [0.3, 0.4) is 0 Å². The first-order valence-electron chi connectivity index (χ1n) is 6.91. The van der Waals surface area contributed by atoms with E-state index >= 15 is 0 Å². The molecular weight excluding hydrogens is 321 g/mol. The molecule has 0 unspecified atom stereocenters. The van der Waals surface area contributed by atoms with Gasteiger partial charge in [0.25, 0.3) is 5.91 Å². The third-order valence-electron chi connectivity index (χ3n) is 3.33. The van der Waals surface area contributed by atoms with E-state index in [1.807, 2.05) is 0 Å². The minimum Gasteiger partial charge on any atom is -0.444 e. The average molecular weight is 332 g/mol. The van der Waals surface area contributed by atoms with Crippen molar-refractivity contribution in [2.45, 2.75) is 6.18 Å². The predicted octanol–water partition coefficient (Wildman–Crippen LogP) is 4.61. The van der Waals surface area contributed by atoms with Crippen LogP contribution in [-0.2, 0) is 6.18 Å². The normalized spacial score (nSPS) is 11.3. The molecule has 2 aromatic carbocycles. The Hall–Kier alpha value is -3.09. The molecule has 1 heterocycles. The Morgan fingerprint density at radius 3 is 2.21 bits per heavy atom. The molecule has 0 bridgehead atoms. The molecule has 0 spiro atoms. The Labute approximate surface area is 134 Å². The molecule has 0 radical (unpaired) electrons. The molecule has 0 atom stereocenters. The van der Waals surface area contributed by atoms with E-state index < -0.39 is 17.6 Å². The zero-order valence-electron chi connectivity index (χ0n) is 12.2. The van der Waals surface area contributed by atoms with Crippen molar-refractivity contribution in [1.29, 1.82) is 0 Å². The fraction of sp³-hybridized carbons (Fsp3) is 0.0588. The van der Waals surface area contributed by atoms with Crippen molar-refractivity contribution in [2.75, 3.05) is 5.32 Å². The Morgan fingerprint density at radius 2 is 1.67 bits per heavy atom. The van der Waals surface area contributed by atoms with Crippen LogP contribution in [0.15, 0.2) is 65.5 Å². The number of oxazole rings is 1. The third kappa shape index (κ3) is 3.45. The van der Waals surface area contributed by atoms with Gasteiger partial charge in [-0.05, 0) is 36.4 Å². The van der Waals surface area contributed by atoms with Crippen molar-refractivity contribution in [1.82, 2.24) is 4.98 Å². The van der Waals surface area contributed by atoms with Crippen molar-refractivity contribution in [3.05, 3.63) is 72.2 Å². The first-order chi connectivity index (χ1) is 11.4. The van der Waals surface area contributed by atoms with Crippen LogP contribution in [0.2, 0.25) is 0 Å². The molecule has 1 amide bonds. The molecule has 4 nitrogen and oxygen atoms in total. The highest BCUT2D eigenvalue weighted by atomic mass is 19.4. The number of hydrogen-bond donors (Lipinski definition) is 1. The summed E-state index contributed by atoms with van der Waals surface area (Å²) in [6.07, 6.45) is -1.54. The number of alkyl halides is 3. The number of carbonyl (C=O) groups is 1. The SMILES string of the molecule is O=C(Nc1ccc(C(F)(F)F)cc1)c1ccc(-c2cnco2)cc1. The van der Waals surface area contributed by atoms with Crippen molar-refractivity contribution >= 4 is 11.6 Å². The van der Waals surface area contributed by atoms with Crippen molar-refractivity contribution in [3.8, 4) is 11.3 Å². The Kier molecular flexibility index (Phi) is 4.07. The lowest BCUT2D eigenvalue weighted by Gasteiger charge is -2.09. The fourth-order valence-electron chi connectivity index (χ4n) is 2.09. The van der Waals surface area contributed by atoms with E-state index in [-0.39, 0.29) is 5.69 Å². The van der Waals surface area contributed by atoms with Crippen LogP contribution in [0.4, 0.5) is 18.9 Å². The van der Waals surface area contributed by atoms with E-state index in [1.165, 1.54) is 18.5 Å². The molecule has 0 aliphatic heterocycles. The number of benzene rings is 2. The summed E-state index contributed by atoms with van der Waals surface area (Å²) in [4.78, 5) is 15.9. The molecule has 24 heavy (non-hydrogen) atoms. The number of nitrogens with zero attached hydrogens (tertiary/aromatic N) is 1. The molecule has 7 heteroatoms. The van der Waals surface area contributed by atoms with E-state index in [1.54, 1.807) is 30.5 Å². The number of hydrogen-bond acceptors (Lipinski definition) is 3. The number of nitrogens with one attached hydrogen (secondary N) is 1. The molecule has 0 saturated heterocycles. The lowest BCUT2D eigenvalue weighted by atomic mass is 10.1. The Balaban J connectivity index is 1.71. The van der Waals surface area contributed by atoms with Gasteiger partial charge in [0, 0.05) is 16.8 Å². The van der Waals surface area contributed by atoms with Gasteiger partial charge in [-0.1, -0.05) is 12.1 Å². The van der Waals surface area contributed by atoms with Gasteiger partial charge in [-0.2, -0.15) is 13.2 Å². The summed E-state index contributed by atoms with van der Waals surface area (Å²) in [6.45, 7) is 0. The molecule has 0 aliphatic carbocycles. The highest BCUT2D eigenvalue weighted by molar-refractivity contribution is 6.04. The van der Waals surface area contributed by atoms with Gasteiger partial charge >= 0.3 is 6.18 Å². The largest absolute Gasteiger partial charge is 0.444 e. The summed E-state index contributed by atoms with van der Waals surface area (Å²) in [5.74, 6) is 0.156. The van der Waals surface area contributed by atoms with Gasteiger partial charge in [0.1, 0.15) is 0 Å². The van der Waals surface area contributed by atoms with Gasteiger partial charge in [0.2, 0.25) is 0 Å². The minimum atomic E-state index is -4.40. The molecule has 0 aliphatic rings. The summed E-state index contributed by atoms with van der Waals surface area (Å²) >= 11 is 0. The van der Waals surface area contributed by atoms with Crippen molar-refractivity contribution < 1.29 is 22.4 Å².